The number of anilines is 1. The van der Waals surface area contributed by atoms with Crippen LogP contribution in [0.5, 0.6) is 0 Å². The lowest BCUT2D eigenvalue weighted by atomic mass is 9.93. The summed E-state index contributed by atoms with van der Waals surface area (Å²) in [5.41, 5.74) is 0.895. The Labute approximate surface area is 124 Å². The number of ether oxygens (including phenoxy) is 1. The number of methoxy groups -OCH3 is 1. The van der Waals surface area contributed by atoms with Crippen molar-refractivity contribution >= 4 is 17.6 Å². The van der Waals surface area contributed by atoms with Gasteiger partial charge in [0.15, 0.2) is 0 Å². The van der Waals surface area contributed by atoms with Crippen LogP contribution in [0.1, 0.15) is 29.6 Å². The molecular weight excluding hydrogens is 268 g/mol. The fraction of sp³-hybridized carbons (Fsp3) is 0.500. The Morgan fingerprint density at radius 2 is 2.10 bits per heavy atom. The highest BCUT2D eigenvalue weighted by molar-refractivity contribution is 6.02. The molecule has 3 unspecified atom stereocenters. The van der Waals surface area contributed by atoms with Crippen molar-refractivity contribution in [3.8, 4) is 0 Å². The van der Waals surface area contributed by atoms with E-state index in [1.54, 1.807) is 24.3 Å². The second-order valence-corrected chi connectivity index (χ2v) is 5.77. The molecule has 2 aliphatic rings. The molecule has 1 aliphatic heterocycles. The molecule has 5 nitrogen and oxygen atoms in total. The molecule has 0 aromatic heterocycles. The molecule has 1 saturated carbocycles. The van der Waals surface area contributed by atoms with Crippen LogP contribution in [0.2, 0.25) is 0 Å². The van der Waals surface area contributed by atoms with E-state index in [0.717, 1.165) is 13.0 Å². The van der Waals surface area contributed by atoms with Gasteiger partial charge in [0.05, 0.1) is 24.4 Å². The number of nitrogens with one attached hydrogen (secondary N) is 2. The summed E-state index contributed by atoms with van der Waals surface area (Å²) in [5.74, 6) is 0.552. The Morgan fingerprint density at radius 3 is 2.90 bits per heavy atom. The monoisotopic (exact) mass is 288 g/mol. The van der Waals surface area contributed by atoms with Crippen LogP contribution in [0.25, 0.3) is 0 Å². The SMILES string of the molecule is COC(=O)c1ccccc1NC(=O)C1NCC2CCCC21. The lowest BCUT2D eigenvalue weighted by molar-refractivity contribution is -0.118. The Morgan fingerprint density at radius 1 is 1.29 bits per heavy atom. The predicted octanol–water partition coefficient (Wildman–Crippen LogP) is 1.80. The summed E-state index contributed by atoms with van der Waals surface area (Å²) in [5, 5.41) is 6.19. The van der Waals surface area contributed by atoms with Gasteiger partial charge in [0.1, 0.15) is 0 Å². The number of esters is 1. The molecule has 5 heteroatoms. The maximum atomic E-state index is 12.5. The molecule has 3 atom stereocenters. The van der Waals surface area contributed by atoms with E-state index in [1.807, 2.05) is 0 Å². The first-order valence-electron chi connectivity index (χ1n) is 7.42. The van der Waals surface area contributed by atoms with Crippen molar-refractivity contribution in [3.63, 3.8) is 0 Å². The van der Waals surface area contributed by atoms with E-state index in [2.05, 4.69) is 10.6 Å². The summed E-state index contributed by atoms with van der Waals surface area (Å²) < 4.78 is 4.75. The fourth-order valence-electron chi connectivity index (χ4n) is 3.57. The zero-order valence-corrected chi connectivity index (χ0v) is 12.1. The Kier molecular flexibility index (Phi) is 3.92. The summed E-state index contributed by atoms with van der Waals surface area (Å²) in [6.07, 6.45) is 3.52. The molecular formula is C16H20N2O3. The summed E-state index contributed by atoms with van der Waals surface area (Å²) in [7, 11) is 1.34. The molecule has 1 aromatic rings. The van der Waals surface area contributed by atoms with Crippen LogP contribution in [0.3, 0.4) is 0 Å². The Balaban J connectivity index is 1.75. The molecule has 1 amide bonds. The van der Waals surface area contributed by atoms with Gasteiger partial charge >= 0.3 is 5.97 Å². The first-order chi connectivity index (χ1) is 10.2. The number of fused-ring (bicyclic) bond motifs is 1. The third kappa shape index (κ3) is 2.65. The van der Waals surface area contributed by atoms with Gasteiger partial charge in [0.25, 0.3) is 0 Å². The van der Waals surface area contributed by atoms with Gasteiger partial charge in [-0.05, 0) is 43.4 Å². The van der Waals surface area contributed by atoms with Crippen LogP contribution in [0.15, 0.2) is 24.3 Å². The van der Waals surface area contributed by atoms with Crippen LogP contribution in [-0.2, 0) is 9.53 Å². The predicted molar refractivity (Wildman–Crippen MR) is 79.0 cm³/mol. The lowest BCUT2D eigenvalue weighted by Gasteiger charge is -2.18. The van der Waals surface area contributed by atoms with Gasteiger partial charge in [-0.1, -0.05) is 18.6 Å². The summed E-state index contributed by atoms with van der Waals surface area (Å²) in [6, 6.07) is 6.78. The van der Waals surface area contributed by atoms with Crippen molar-refractivity contribution in [1.29, 1.82) is 0 Å². The molecule has 1 aromatic carbocycles. The van der Waals surface area contributed by atoms with Crippen molar-refractivity contribution < 1.29 is 14.3 Å². The Hall–Kier alpha value is -1.88. The standard InChI is InChI=1S/C16H20N2O3/c1-21-16(20)12-6-2-3-8-13(12)18-15(19)14-11-7-4-5-10(11)9-17-14/h2-3,6,8,10-11,14,17H,4-5,7,9H2,1H3,(H,18,19). The van der Waals surface area contributed by atoms with E-state index in [4.69, 9.17) is 4.74 Å². The van der Waals surface area contributed by atoms with Gasteiger partial charge in [-0.25, -0.2) is 4.79 Å². The number of carbonyl (C=O) groups is 2. The normalized spacial score (nSPS) is 27.2. The first-order valence-corrected chi connectivity index (χ1v) is 7.42. The number of carbonyl (C=O) groups excluding carboxylic acids is 2. The molecule has 112 valence electrons. The highest BCUT2D eigenvalue weighted by Crippen LogP contribution is 2.38. The van der Waals surface area contributed by atoms with Crippen LogP contribution >= 0.6 is 0 Å². The van der Waals surface area contributed by atoms with E-state index in [0.29, 0.717) is 23.1 Å². The second-order valence-electron chi connectivity index (χ2n) is 5.77. The fourth-order valence-corrected chi connectivity index (χ4v) is 3.57. The molecule has 2 fully saturated rings. The molecule has 21 heavy (non-hydrogen) atoms. The number of benzene rings is 1. The molecule has 0 spiro atoms. The smallest absolute Gasteiger partial charge is 0.339 e. The van der Waals surface area contributed by atoms with Crippen molar-refractivity contribution in [1.82, 2.24) is 5.32 Å². The molecule has 2 N–H and O–H groups in total. The number of rotatable bonds is 3. The molecule has 1 saturated heterocycles. The van der Waals surface area contributed by atoms with Crippen LogP contribution in [-0.4, -0.2) is 31.6 Å². The van der Waals surface area contributed by atoms with E-state index in [1.165, 1.54) is 20.0 Å². The minimum absolute atomic E-state index is 0.0549. The lowest BCUT2D eigenvalue weighted by Crippen LogP contribution is -2.40. The minimum atomic E-state index is -0.441. The van der Waals surface area contributed by atoms with E-state index in [9.17, 15) is 9.59 Å². The van der Waals surface area contributed by atoms with Crippen molar-refractivity contribution in [2.75, 3.05) is 19.0 Å². The van der Waals surface area contributed by atoms with Crippen molar-refractivity contribution in [3.05, 3.63) is 29.8 Å². The molecule has 1 heterocycles. The van der Waals surface area contributed by atoms with Gasteiger partial charge in [-0.2, -0.15) is 0 Å². The summed E-state index contributed by atoms with van der Waals surface area (Å²) in [4.78, 5) is 24.2. The van der Waals surface area contributed by atoms with Gasteiger partial charge in [-0.15, -0.1) is 0 Å². The highest BCUT2D eigenvalue weighted by atomic mass is 16.5. The van der Waals surface area contributed by atoms with Crippen molar-refractivity contribution in [2.45, 2.75) is 25.3 Å². The van der Waals surface area contributed by atoms with Crippen molar-refractivity contribution in [2.24, 2.45) is 11.8 Å². The van der Waals surface area contributed by atoms with Gasteiger partial charge in [0, 0.05) is 0 Å². The molecule has 0 bridgehead atoms. The zero-order valence-electron chi connectivity index (χ0n) is 12.1. The largest absolute Gasteiger partial charge is 0.465 e. The third-order valence-corrected chi connectivity index (χ3v) is 4.62. The zero-order chi connectivity index (χ0) is 14.8. The van der Waals surface area contributed by atoms with E-state index in [-0.39, 0.29) is 11.9 Å². The number of para-hydroxylation sites is 1. The molecule has 3 rings (SSSR count). The first kappa shape index (κ1) is 14.1. The average molecular weight is 288 g/mol. The molecule has 0 radical (unpaired) electrons. The number of hydrogen-bond donors (Lipinski definition) is 2. The summed E-state index contributed by atoms with van der Waals surface area (Å²) >= 11 is 0. The topological polar surface area (TPSA) is 67.4 Å². The van der Waals surface area contributed by atoms with Crippen LogP contribution in [0.4, 0.5) is 5.69 Å². The summed E-state index contributed by atoms with van der Waals surface area (Å²) in [6.45, 7) is 0.918. The van der Waals surface area contributed by atoms with Gasteiger partial charge < -0.3 is 15.4 Å². The van der Waals surface area contributed by atoms with Gasteiger partial charge in [0.2, 0.25) is 5.91 Å². The number of hydrogen-bond acceptors (Lipinski definition) is 4. The maximum Gasteiger partial charge on any atom is 0.339 e. The Bertz CT molecular complexity index is 558. The second kappa shape index (κ2) is 5.85. The number of amides is 1. The average Bonchev–Trinajstić information content (AvgIpc) is 3.09. The molecule has 1 aliphatic carbocycles. The third-order valence-electron chi connectivity index (χ3n) is 4.62. The van der Waals surface area contributed by atoms with E-state index >= 15 is 0 Å². The highest BCUT2D eigenvalue weighted by Gasteiger charge is 2.42. The van der Waals surface area contributed by atoms with Crippen LogP contribution in [0, 0.1) is 11.8 Å². The van der Waals surface area contributed by atoms with Crippen LogP contribution < -0.4 is 10.6 Å². The minimum Gasteiger partial charge on any atom is -0.465 e. The quantitative estimate of drug-likeness (QED) is 0.832. The van der Waals surface area contributed by atoms with Gasteiger partial charge in [-0.3, -0.25) is 4.79 Å². The van der Waals surface area contributed by atoms with E-state index < -0.39 is 5.97 Å². The maximum absolute atomic E-state index is 12.5.